The van der Waals surface area contributed by atoms with Crippen LogP contribution in [0, 0.1) is 5.21 Å². The second-order valence-electron chi connectivity index (χ2n) is 5.47. The van der Waals surface area contributed by atoms with Crippen molar-refractivity contribution in [2.45, 2.75) is 0 Å². The lowest BCUT2D eigenvalue weighted by atomic mass is 10.0. The van der Waals surface area contributed by atoms with Gasteiger partial charge in [0.1, 0.15) is 11.2 Å². The van der Waals surface area contributed by atoms with Gasteiger partial charge in [-0.15, -0.1) is 0 Å². The van der Waals surface area contributed by atoms with E-state index in [0.29, 0.717) is 22.4 Å². The molecular weight excluding hydrogens is 364 g/mol. The molecule has 3 nitrogen and oxygen atoms in total. The molecule has 24 heavy (non-hydrogen) atoms. The molecule has 0 N–H and O–H groups in total. The van der Waals surface area contributed by atoms with Crippen LogP contribution in [0.25, 0.3) is 33.5 Å². The minimum Gasteiger partial charge on any atom is -0.618 e. The van der Waals surface area contributed by atoms with Gasteiger partial charge >= 0.3 is 0 Å². The van der Waals surface area contributed by atoms with E-state index < -0.39 is 0 Å². The fraction of sp³-hybridized carbons (Fsp3) is 0. The first kappa shape index (κ1) is 14.8. The largest absolute Gasteiger partial charge is 0.618 e. The number of nitrogens with zero attached hydrogens (tertiary/aromatic N) is 2. The summed E-state index contributed by atoms with van der Waals surface area (Å²) >= 11 is 3.43. The lowest BCUT2D eigenvalue weighted by Crippen LogP contribution is -2.31. The van der Waals surface area contributed by atoms with Crippen molar-refractivity contribution >= 4 is 27.0 Å². The highest BCUT2D eigenvalue weighted by molar-refractivity contribution is 9.10. The van der Waals surface area contributed by atoms with Gasteiger partial charge in [0.15, 0.2) is 0 Å². The minimum atomic E-state index is 0.544. The first-order valence-electron chi connectivity index (χ1n) is 7.58. The van der Waals surface area contributed by atoms with Crippen molar-refractivity contribution in [3.05, 3.63) is 88.5 Å². The number of aromatic nitrogens is 2. The number of benzene rings is 3. The Balaban J connectivity index is 2.12. The monoisotopic (exact) mass is 376 g/mol. The number of fused-ring (bicyclic) bond motifs is 1. The summed E-state index contributed by atoms with van der Waals surface area (Å²) in [7, 11) is 0. The van der Waals surface area contributed by atoms with Gasteiger partial charge in [0.2, 0.25) is 5.52 Å². The van der Waals surface area contributed by atoms with E-state index >= 15 is 0 Å². The maximum absolute atomic E-state index is 13.1. The summed E-state index contributed by atoms with van der Waals surface area (Å²) in [6.07, 6.45) is 0. The van der Waals surface area contributed by atoms with E-state index in [0.717, 1.165) is 20.3 Å². The highest BCUT2D eigenvalue weighted by atomic mass is 79.9. The van der Waals surface area contributed by atoms with Gasteiger partial charge in [-0.3, -0.25) is 0 Å². The van der Waals surface area contributed by atoms with Crippen LogP contribution in [-0.2, 0) is 0 Å². The van der Waals surface area contributed by atoms with Crippen LogP contribution in [0.3, 0.4) is 0 Å². The summed E-state index contributed by atoms with van der Waals surface area (Å²) in [6.45, 7) is 0. The lowest BCUT2D eigenvalue weighted by molar-refractivity contribution is -0.564. The summed E-state index contributed by atoms with van der Waals surface area (Å²) in [5.41, 5.74) is 4.24. The fourth-order valence-electron chi connectivity index (χ4n) is 2.79. The van der Waals surface area contributed by atoms with Crippen LogP contribution in [-0.4, -0.2) is 4.98 Å². The Labute approximate surface area is 147 Å². The predicted octanol–water partition coefficient (Wildman–Crippen LogP) is 4.96. The van der Waals surface area contributed by atoms with E-state index in [1.807, 2.05) is 72.8 Å². The molecule has 0 aliphatic carbocycles. The van der Waals surface area contributed by atoms with Crippen LogP contribution in [0.15, 0.2) is 83.3 Å². The van der Waals surface area contributed by atoms with Crippen LogP contribution < -0.4 is 4.73 Å². The van der Waals surface area contributed by atoms with Crippen LogP contribution in [0.5, 0.6) is 0 Å². The molecule has 0 saturated heterocycles. The number of hydrogen-bond acceptors (Lipinski definition) is 2. The molecule has 0 amide bonds. The quantitative estimate of drug-likeness (QED) is 0.366. The van der Waals surface area contributed by atoms with Crippen LogP contribution in [0.4, 0.5) is 0 Å². The summed E-state index contributed by atoms with van der Waals surface area (Å²) in [5.74, 6) is 0. The van der Waals surface area contributed by atoms with Gasteiger partial charge in [-0.05, 0) is 24.3 Å². The van der Waals surface area contributed by atoms with Crippen LogP contribution in [0.2, 0.25) is 0 Å². The third-order valence-corrected chi connectivity index (χ3v) is 4.40. The van der Waals surface area contributed by atoms with E-state index in [1.54, 1.807) is 6.07 Å². The van der Waals surface area contributed by atoms with Gasteiger partial charge in [0, 0.05) is 21.7 Å². The topological polar surface area (TPSA) is 39.8 Å². The Kier molecular flexibility index (Phi) is 3.75. The smallest absolute Gasteiger partial charge is 0.250 e. The highest BCUT2D eigenvalue weighted by Crippen LogP contribution is 2.30. The molecule has 4 aromatic rings. The van der Waals surface area contributed by atoms with Crippen molar-refractivity contribution in [1.29, 1.82) is 0 Å². The molecule has 4 rings (SSSR count). The van der Waals surface area contributed by atoms with Gasteiger partial charge in [0.05, 0.1) is 0 Å². The van der Waals surface area contributed by atoms with Gasteiger partial charge in [-0.25, -0.2) is 4.98 Å². The van der Waals surface area contributed by atoms with Gasteiger partial charge < -0.3 is 5.21 Å². The van der Waals surface area contributed by atoms with Crippen LogP contribution in [0.1, 0.15) is 0 Å². The van der Waals surface area contributed by atoms with Crippen molar-refractivity contribution in [3.8, 4) is 22.5 Å². The fourth-order valence-corrected chi connectivity index (χ4v) is 3.14. The van der Waals surface area contributed by atoms with Gasteiger partial charge in [-0.1, -0.05) is 64.5 Å². The van der Waals surface area contributed by atoms with Crippen LogP contribution >= 0.6 is 15.9 Å². The second kappa shape index (κ2) is 6.06. The molecule has 0 unspecified atom stereocenters. The molecule has 0 saturated carbocycles. The highest BCUT2D eigenvalue weighted by Gasteiger charge is 2.22. The molecule has 1 aromatic heterocycles. The maximum atomic E-state index is 13.1. The molecule has 0 spiro atoms. The Morgan fingerprint density at radius 2 is 1.42 bits per heavy atom. The zero-order valence-electron chi connectivity index (χ0n) is 12.7. The molecule has 0 radical (unpaired) electrons. The molecular formula is C20H13BrN2O. The summed E-state index contributed by atoms with van der Waals surface area (Å²) in [5, 5.41) is 13.1. The van der Waals surface area contributed by atoms with E-state index in [1.165, 1.54) is 0 Å². The van der Waals surface area contributed by atoms with E-state index in [-0.39, 0.29) is 0 Å². The Morgan fingerprint density at radius 1 is 0.792 bits per heavy atom. The molecule has 116 valence electrons. The number of halogens is 1. The van der Waals surface area contributed by atoms with Crippen molar-refractivity contribution in [3.63, 3.8) is 0 Å². The van der Waals surface area contributed by atoms with Crippen molar-refractivity contribution in [2.75, 3.05) is 0 Å². The van der Waals surface area contributed by atoms with Crippen molar-refractivity contribution in [1.82, 2.24) is 4.98 Å². The molecule has 0 bridgehead atoms. The van der Waals surface area contributed by atoms with Gasteiger partial charge in [-0.2, -0.15) is 4.73 Å². The minimum absolute atomic E-state index is 0.544. The molecule has 0 aliphatic heterocycles. The molecule has 3 aromatic carbocycles. The zero-order chi connectivity index (χ0) is 16.5. The standard InChI is InChI=1S/C20H13BrN2O/c21-16-11-12-17-18(13-16)23(24)20(15-9-5-2-6-10-15)19(22-17)14-7-3-1-4-8-14/h1-13H. The van der Waals surface area contributed by atoms with E-state index in [4.69, 9.17) is 4.98 Å². The Bertz CT molecular complexity index is 1020. The average molecular weight is 377 g/mol. The zero-order valence-corrected chi connectivity index (χ0v) is 14.3. The molecule has 0 aliphatic rings. The Hall–Kier alpha value is -2.72. The first-order valence-corrected chi connectivity index (χ1v) is 8.37. The average Bonchev–Trinajstić information content (AvgIpc) is 2.63. The van der Waals surface area contributed by atoms with Crippen molar-refractivity contribution in [2.24, 2.45) is 0 Å². The van der Waals surface area contributed by atoms with E-state index in [2.05, 4.69) is 15.9 Å². The maximum Gasteiger partial charge on any atom is 0.250 e. The summed E-state index contributed by atoms with van der Waals surface area (Å²) in [4.78, 5) is 4.78. The molecule has 1 heterocycles. The third-order valence-electron chi connectivity index (χ3n) is 3.91. The SMILES string of the molecule is [O-][n+]1c(-c2ccccc2)c(-c2ccccc2)nc2ccc(Br)cc21. The third kappa shape index (κ3) is 2.55. The lowest BCUT2D eigenvalue weighted by Gasteiger charge is -2.12. The number of hydrogen-bond donors (Lipinski definition) is 0. The summed E-state index contributed by atoms with van der Waals surface area (Å²) < 4.78 is 1.83. The first-order chi connectivity index (χ1) is 11.7. The normalized spacial score (nSPS) is 10.9. The summed E-state index contributed by atoms with van der Waals surface area (Å²) in [6, 6.07) is 25.0. The molecule has 0 atom stereocenters. The van der Waals surface area contributed by atoms with Gasteiger partial charge in [0.25, 0.3) is 5.69 Å². The molecule has 0 fully saturated rings. The second-order valence-corrected chi connectivity index (χ2v) is 6.38. The van der Waals surface area contributed by atoms with E-state index in [9.17, 15) is 5.21 Å². The Morgan fingerprint density at radius 3 is 2.08 bits per heavy atom. The number of rotatable bonds is 2. The predicted molar refractivity (Wildman–Crippen MR) is 99.3 cm³/mol. The molecule has 4 heteroatoms. The van der Waals surface area contributed by atoms with Crippen molar-refractivity contribution < 1.29 is 4.73 Å².